The average molecular weight is 349 g/mol. The second-order valence-corrected chi connectivity index (χ2v) is 7.30. The van der Waals surface area contributed by atoms with Gasteiger partial charge in [-0.1, -0.05) is 53.7 Å². The van der Waals surface area contributed by atoms with Crippen molar-refractivity contribution in [2.45, 2.75) is 25.0 Å². The van der Waals surface area contributed by atoms with Gasteiger partial charge >= 0.3 is 0 Å². The summed E-state index contributed by atoms with van der Waals surface area (Å²) in [5.41, 5.74) is 5.06. The van der Waals surface area contributed by atoms with Crippen LogP contribution in [-0.4, -0.2) is 21.2 Å². The fourth-order valence-corrected chi connectivity index (χ4v) is 3.93. The summed E-state index contributed by atoms with van der Waals surface area (Å²) in [7, 11) is 0. The molecule has 25 heavy (non-hydrogen) atoms. The van der Waals surface area contributed by atoms with Gasteiger partial charge in [0.15, 0.2) is 5.16 Å². The predicted octanol–water partition coefficient (Wildman–Crippen LogP) is 4.15. The van der Waals surface area contributed by atoms with E-state index < -0.39 is 0 Å². The second kappa shape index (κ2) is 6.76. The molecule has 4 rings (SSSR count). The Hall–Kier alpha value is -2.53. The Balaban J connectivity index is 1.42. The number of nitrogens with zero attached hydrogens (tertiary/aromatic N) is 2. The number of carbonyl (C=O) groups is 1. The zero-order chi connectivity index (χ0) is 17.2. The highest BCUT2D eigenvalue weighted by molar-refractivity contribution is 7.99. The number of thioether (sulfide) groups is 1. The normalized spacial score (nSPS) is 12.8. The van der Waals surface area contributed by atoms with E-state index in [1.54, 1.807) is 11.8 Å². The number of imidazole rings is 1. The first-order chi connectivity index (χ1) is 12.2. The van der Waals surface area contributed by atoms with Crippen molar-refractivity contribution in [2.75, 3.05) is 11.1 Å². The summed E-state index contributed by atoms with van der Waals surface area (Å²) in [6, 6.07) is 15.9. The molecule has 0 unspecified atom stereocenters. The molecular formula is C20H19N3OS. The molecule has 2 aromatic carbocycles. The van der Waals surface area contributed by atoms with Gasteiger partial charge in [-0.15, -0.1) is 0 Å². The van der Waals surface area contributed by atoms with E-state index in [1.807, 2.05) is 55.5 Å². The Morgan fingerprint density at radius 3 is 2.84 bits per heavy atom. The lowest BCUT2D eigenvalue weighted by Crippen LogP contribution is -2.14. The number of anilines is 1. The smallest absolute Gasteiger partial charge is 0.228 e. The molecular weight excluding hydrogens is 330 g/mol. The molecule has 0 saturated carbocycles. The molecule has 0 bridgehead atoms. The van der Waals surface area contributed by atoms with E-state index in [9.17, 15) is 4.79 Å². The molecule has 1 aromatic heterocycles. The molecule has 5 heteroatoms. The molecule has 0 aliphatic carbocycles. The fourth-order valence-electron chi connectivity index (χ4n) is 2.99. The molecule has 0 spiro atoms. The van der Waals surface area contributed by atoms with Crippen LogP contribution in [0.3, 0.4) is 0 Å². The van der Waals surface area contributed by atoms with Crippen LogP contribution in [0.1, 0.15) is 11.1 Å². The quantitative estimate of drug-likeness (QED) is 0.770. The van der Waals surface area contributed by atoms with Gasteiger partial charge in [-0.2, -0.15) is 0 Å². The Morgan fingerprint density at radius 1 is 1.24 bits per heavy atom. The Labute approximate surface area is 151 Å². The summed E-state index contributed by atoms with van der Waals surface area (Å²) in [5.74, 6) is 1.10. The maximum atomic E-state index is 12.2. The van der Waals surface area contributed by atoms with E-state index in [4.69, 9.17) is 0 Å². The van der Waals surface area contributed by atoms with Gasteiger partial charge in [0.2, 0.25) is 5.91 Å². The number of benzene rings is 2. The van der Waals surface area contributed by atoms with Crippen LogP contribution in [0.4, 0.5) is 5.69 Å². The van der Waals surface area contributed by atoms with E-state index in [0.717, 1.165) is 40.0 Å². The van der Waals surface area contributed by atoms with E-state index in [2.05, 4.69) is 21.1 Å². The topological polar surface area (TPSA) is 46.9 Å². The lowest BCUT2D eigenvalue weighted by molar-refractivity contribution is -0.115. The average Bonchev–Trinajstić information content (AvgIpc) is 3.17. The van der Waals surface area contributed by atoms with Crippen molar-refractivity contribution in [3.63, 3.8) is 0 Å². The molecule has 0 radical (unpaired) electrons. The zero-order valence-corrected chi connectivity index (χ0v) is 14.8. The number of nitrogens with one attached hydrogen (secondary N) is 1. The van der Waals surface area contributed by atoms with Gasteiger partial charge in [0.1, 0.15) is 0 Å². The standard InChI is InChI=1S/C20H19N3OS/c1-14-3-2-4-15(11-14)12-19(24)21-17-7-5-16(6-8-17)18-13-23-9-10-25-20(23)22-18/h2-8,11,13H,9-10,12H2,1H3,(H,21,24). The van der Waals surface area contributed by atoms with Crippen molar-refractivity contribution >= 4 is 23.4 Å². The summed E-state index contributed by atoms with van der Waals surface area (Å²) in [6.07, 6.45) is 2.48. The van der Waals surface area contributed by atoms with E-state index >= 15 is 0 Å². The third-order valence-corrected chi connectivity index (χ3v) is 5.19. The molecule has 4 nitrogen and oxygen atoms in total. The van der Waals surface area contributed by atoms with Gasteiger partial charge in [0.25, 0.3) is 0 Å². The van der Waals surface area contributed by atoms with Crippen LogP contribution in [0.25, 0.3) is 11.3 Å². The Bertz CT molecular complexity index is 893. The van der Waals surface area contributed by atoms with Crippen LogP contribution < -0.4 is 5.32 Å². The molecule has 1 aliphatic rings. The molecule has 1 N–H and O–H groups in total. The Kier molecular flexibility index (Phi) is 4.32. The summed E-state index contributed by atoms with van der Waals surface area (Å²) < 4.78 is 2.19. The summed E-state index contributed by atoms with van der Waals surface area (Å²) in [5, 5.41) is 4.05. The maximum absolute atomic E-state index is 12.2. The third-order valence-electron chi connectivity index (χ3n) is 4.21. The molecule has 0 atom stereocenters. The third kappa shape index (κ3) is 3.61. The number of rotatable bonds is 4. The van der Waals surface area contributed by atoms with Crippen molar-refractivity contribution in [1.82, 2.24) is 9.55 Å². The lowest BCUT2D eigenvalue weighted by Gasteiger charge is -2.07. The summed E-state index contributed by atoms with van der Waals surface area (Å²) in [6.45, 7) is 3.06. The van der Waals surface area contributed by atoms with Crippen molar-refractivity contribution in [1.29, 1.82) is 0 Å². The van der Waals surface area contributed by atoms with E-state index in [1.165, 1.54) is 5.56 Å². The maximum Gasteiger partial charge on any atom is 0.228 e. The minimum absolute atomic E-state index is 0.00396. The lowest BCUT2D eigenvalue weighted by atomic mass is 10.1. The van der Waals surface area contributed by atoms with Crippen LogP contribution in [0.2, 0.25) is 0 Å². The number of fused-ring (bicyclic) bond motifs is 1. The minimum Gasteiger partial charge on any atom is -0.326 e. The minimum atomic E-state index is -0.00396. The number of aromatic nitrogens is 2. The van der Waals surface area contributed by atoms with Crippen molar-refractivity contribution in [2.24, 2.45) is 0 Å². The SMILES string of the molecule is Cc1cccc(CC(=O)Nc2ccc(-c3cn4c(n3)SCC4)cc2)c1. The number of carbonyl (C=O) groups excluding carboxylic acids is 1. The predicted molar refractivity (Wildman–Crippen MR) is 102 cm³/mol. The summed E-state index contributed by atoms with van der Waals surface area (Å²) >= 11 is 1.79. The van der Waals surface area contributed by atoms with Gasteiger partial charge in [0, 0.05) is 29.7 Å². The largest absolute Gasteiger partial charge is 0.326 e. The molecule has 0 saturated heterocycles. The van der Waals surface area contributed by atoms with Crippen molar-refractivity contribution < 1.29 is 4.79 Å². The summed E-state index contributed by atoms with van der Waals surface area (Å²) in [4.78, 5) is 16.9. The van der Waals surface area contributed by atoms with Gasteiger partial charge in [0.05, 0.1) is 12.1 Å². The van der Waals surface area contributed by atoms with Crippen LogP contribution in [0.15, 0.2) is 59.9 Å². The number of amides is 1. The molecule has 0 fully saturated rings. The van der Waals surface area contributed by atoms with E-state index in [0.29, 0.717) is 6.42 Å². The van der Waals surface area contributed by atoms with Gasteiger partial charge in [-0.05, 0) is 24.6 Å². The first-order valence-electron chi connectivity index (χ1n) is 8.33. The van der Waals surface area contributed by atoms with E-state index in [-0.39, 0.29) is 5.91 Å². The first-order valence-corrected chi connectivity index (χ1v) is 9.32. The fraction of sp³-hybridized carbons (Fsp3) is 0.200. The molecule has 2 heterocycles. The molecule has 1 aliphatic heterocycles. The monoisotopic (exact) mass is 349 g/mol. The number of hydrogen-bond donors (Lipinski definition) is 1. The molecule has 3 aromatic rings. The number of hydrogen-bond acceptors (Lipinski definition) is 3. The highest BCUT2D eigenvalue weighted by Crippen LogP contribution is 2.29. The van der Waals surface area contributed by atoms with Crippen molar-refractivity contribution in [3.05, 3.63) is 65.9 Å². The van der Waals surface area contributed by atoms with Crippen LogP contribution in [0.5, 0.6) is 0 Å². The molecule has 1 amide bonds. The number of aryl methyl sites for hydroxylation is 2. The Morgan fingerprint density at radius 2 is 2.08 bits per heavy atom. The highest BCUT2D eigenvalue weighted by Gasteiger charge is 2.15. The molecule has 126 valence electrons. The van der Waals surface area contributed by atoms with Crippen molar-refractivity contribution in [3.8, 4) is 11.3 Å². The van der Waals surface area contributed by atoms with Crippen LogP contribution >= 0.6 is 11.8 Å². The van der Waals surface area contributed by atoms with Gasteiger partial charge in [-0.25, -0.2) is 4.98 Å². The van der Waals surface area contributed by atoms with Crippen LogP contribution in [0, 0.1) is 6.92 Å². The van der Waals surface area contributed by atoms with Gasteiger partial charge in [-0.3, -0.25) is 4.79 Å². The highest BCUT2D eigenvalue weighted by atomic mass is 32.2. The first kappa shape index (κ1) is 16.0. The van der Waals surface area contributed by atoms with Crippen LogP contribution in [-0.2, 0) is 17.8 Å². The zero-order valence-electron chi connectivity index (χ0n) is 14.0. The van der Waals surface area contributed by atoms with Gasteiger partial charge < -0.3 is 9.88 Å². The second-order valence-electron chi connectivity index (χ2n) is 6.24.